The summed E-state index contributed by atoms with van der Waals surface area (Å²) in [6.45, 7) is 0. The van der Waals surface area contributed by atoms with E-state index in [9.17, 15) is 4.79 Å². The van der Waals surface area contributed by atoms with Crippen LogP contribution in [0.2, 0.25) is 0 Å². The van der Waals surface area contributed by atoms with E-state index < -0.39 is 0 Å². The van der Waals surface area contributed by atoms with Crippen LogP contribution in [-0.2, 0) is 11.2 Å². The van der Waals surface area contributed by atoms with Gasteiger partial charge in [0, 0.05) is 10.4 Å². The minimum Gasteiger partial charge on any atom is -0.444 e. The van der Waals surface area contributed by atoms with Gasteiger partial charge in [-0.15, -0.1) is 11.3 Å². The zero-order valence-electron chi connectivity index (χ0n) is 14.6. The highest BCUT2D eigenvalue weighted by molar-refractivity contribution is 7.10. The lowest BCUT2D eigenvalue weighted by Crippen LogP contribution is -2.33. The molecule has 134 valence electrons. The topological polar surface area (TPSA) is 55.1 Å². The molecule has 2 aromatic heterocycles. The molecule has 0 bridgehead atoms. The van der Waals surface area contributed by atoms with Crippen molar-refractivity contribution in [1.29, 1.82) is 0 Å². The zero-order valence-corrected chi connectivity index (χ0v) is 15.4. The highest BCUT2D eigenvalue weighted by Crippen LogP contribution is 2.37. The first-order valence-corrected chi connectivity index (χ1v) is 10.00. The van der Waals surface area contributed by atoms with Crippen LogP contribution < -0.4 is 5.32 Å². The van der Waals surface area contributed by atoms with Crippen molar-refractivity contribution in [2.45, 2.75) is 38.1 Å². The highest BCUT2D eigenvalue weighted by Gasteiger charge is 2.28. The second kappa shape index (κ2) is 7.87. The van der Waals surface area contributed by atoms with E-state index in [0.717, 1.165) is 5.56 Å². The van der Waals surface area contributed by atoms with Crippen molar-refractivity contribution >= 4 is 17.2 Å². The molecule has 0 saturated heterocycles. The lowest BCUT2D eigenvalue weighted by atomic mass is 9.96. The standard InChI is InChI=1S/C21H22N2O2S/c24-19(13-17-14-25-21(22-17)16-9-2-1-3-10-16)23-20(15-7-4-5-8-15)18-11-6-12-26-18/h1-3,6,9-12,14-15,20H,4-5,7-8,13H2,(H,23,24). The first-order chi connectivity index (χ1) is 12.8. The molecule has 1 atom stereocenters. The smallest absolute Gasteiger partial charge is 0.226 e. The van der Waals surface area contributed by atoms with Crippen molar-refractivity contribution in [2.24, 2.45) is 5.92 Å². The summed E-state index contributed by atoms with van der Waals surface area (Å²) >= 11 is 1.72. The molecule has 1 fully saturated rings. The van der Waals surface area contributed by atoms with E-state index in [0.29, 0.717) is 17.5 Å². The average molecular weight is 366 g/mol. The van der Waals surface area contributed by atoms with Crippen molar-refractivity contribution in [3.8, 4) is 11.5 Å². The number of hydrogen-bond donors (Lipinski definition) is 1. The number of thiophene rings is 1. The summed E-state index contributed by atoms with van der Waals surface area (Å²) in [5, 5.41) is 5.33. The van der Waals surface area contributed by atoms with Gasteiger partial charge >= 0.3 is 0 Å². The van der Waals surface area contributed by atoms with Crippen molar-refractivity contribution in [2.75, 3.05) is 0 Å². The molecule has 1 N–H and O–H groups in total. The van der Waals surface area contributed by atoms with E-state index in [1.807, 2.05) is 30.3 Å². The average Bonchev–Trinajstić information content (AvgIpc) is 3.42. The fraction of sp³-hybridized carbons (Fsp3) is 0.333. The molecule has 0 radical (unpaired) electrons. The molecule has 1 aromatic carbocycles. The van der Waals surface area contributed by atoms with E-state index in [1.54, 1.807) is 17.6 Å². The van der Waals surface area contributed by atoms with Gasteiger partial charge in [0.25, 0.3) is 0 Å². The number of carbonyl (C=O) groups is 1. The Kier molecular flexibility index (Phi) is 5.16. The monoisotopic (exact) mass is 366 g/mol. The van der Waals surface area contributed by atoms with Crippen molar-refractivity contribution in [3.05, 3.63) is 64.7 Å². The van der Waals surface area contributed by atoms with Gasteiger partial charge in [-0.05, 0) is 42.3 Å². The molecule has 1 unspecified atom stereocenters. The lowest BCUT2D eigenvalue weighted by molar-refractivity contribution is -0.121. The normalized spacial score (nSPS) is 15.8. The minimum absolute atomic E-state index is 0.00297. The number of amides is 1. The molecular weight excluding hydrogens is 344 g/mol. The molecule has 2 heterocycles. The second-order valence-electron chi connectivity index (χ2n) is 6.79. The number of nitrogens with one attached hydrogen (secondary N) is 1. The number of nitrogens with zero attached hydrogens (tertiary/aromatic N) is 1. The van der Waals surface area contributed by atoms with Crippen LogP contribution in [0.4, 0.5) is 0 Å². The molecule has 3 aromatic rings. The van der Waals surface area contributed by atoms with Crippen LogP contribution in [0.25, 0.3) is 11.5 Å². The highest BCUT2D eigenvalue weighted by atomic mass is 32.1. The van der Waals surface area contributed by atoms with Gasteiger partial charge in [0.05, 0.1) is 18.2 Å². The maximum absolute atomic E-state index is 12.6. The summed E-state index contributed by atoms with van der Waals surface area (Å²) in [5.74, 6) is 1.09. The first-order valence-electron chi connectivity index (χ1n) is 9.12. The summed E-state index contributed by atoms with van der Waals surface area (Å²) in [5.41, 5.74) is 1.58. The van der Waals surface area contributed by atoms with Gasteiger partial charge in [0.15, 0.2) is 0 Å². The molecule has 1 aliphatic carbocycles. The van der Waals surface area contributed by atoms with Crippen molar-refractivity contribution < 1.29 is 9.21 Å². The number of rotatable bonds is 6. The van der Waals surface area contributed by atoms with Gasteiger partial charge in [0.1, 0.15) is 6.26 Å². The Balaban J connectivity index is 1.43. The quantitative estimate of drug-likeness (QED) is 0.668. The molecule has 26 heavy (non-hydrogen) atoms. The SMILES string of the molecule is O=C(Cc1coc(-c2ccccc2)n1)NC(c1cccs1)C1CCCC1. The molecule has 1 saturated carbocycles. The number of benzene rings is 1. The van der Waals surface area contributed by atoms with Crippen LogP contribution in [0.15, 0.2) is 58.5 Å². The summed E-state index contributed by atoms with van der Waals surface area (Å²) in [4.78, 5) is 18.3. The molecule has 4 nitrogen and oxygen atoms in total. The van der Waals surface area contributed by atoms with E-state index in [-0.39, 0.29) is 18.4 Å². The third-order valence-electron chi connectivity index (χ3n) is 4.95. The fourth-order valence-electron chi connectivity index (χ4n) is 3.67. The number of oxazole rings is 1. The zero-order chi connectivity index (χ0) is 17.8. The maximum Gasteiger partial charge on any atom is 0.226 e. The molecule has 1 aliphatic rings. The Hall–Kier alpha value is -2.40. The molecule has 0 aliphatic heterocycles. The van der Waals surface area contributed by atoms with Crippen LogP contribution in [-0.4, -0.2) is 10.9 Å². The first kappa shape index (κ1) is 17.0. The predicted molar refractivity (Wildman–Crippen MR) is 103 cm³/mol. The molecule has 5 heteroatoms. The third kappa shape index (κ3) is 3.88. The van der Waals surface area contributed by atoms with Gasteiger partial charge in [-0.2, -0.15) is 0 Å². The Morgan fingerprint density at radius 2 is 2.00 bits per heavy atom. The van der Waals surface area contributed by atoms with E-state index >= 15 is 0 Å². The van der Waals surface area contributed by atoms with Crippen LogP contribution >= 0.6 is 11.3 Å². The Morgan fingerprint density at radius 3 is 2.73 bits per heavy atom. The summed E-state index contributed by atoms with van der Waals surface area (Å²) in [6.07, 6.45) is 6.71. The largest absolute Gasteiger partial charge is 0.444 e. The summed E-state index contributed by atoms with van der Waals surface area (Å²) in [6, 6.07) is 14.0. The van der Waals surface area contributed by atoms with E-state index in [2.05, 4.69) is 27.8 Å². The molecule has 4 rings (SSSR count). The maximum atomic E-state index is 12.6. The summed E-state index contributed by atoms with van der Waals surface area (Å²) < 4.78 is 5.54. The third-order valence-corrected chi connectivity index (χ3v) is 5.91. The van der Waals surface area contributed by atoms with Gasteiger partial charge in [-0.3, -0.25) is 4.79 Å². The Labute approximate surface area is 157 Å². The fourth-order valence-corrected chi connectivity index (χ4v) is 4.54. The molecule has 1 amide bonds. The van der Waals surface area contributed by atoms with Crippen LogP contribution in [0.5, 0.6) is 0 Å². The molecule has 0 spiro atoms. The van der Waals surface area contributed by atoms with Crippen LogP contribution in [0.1, 0.15) is 42.3 Å². The predicted octanol–water partition coefficient (Wildman–Crippen LogP) is 4.99. The van der Waals surface area contributed by atoms with Gasteiger partial charge < -0.3 is 9.73 Å². The number of hydrogen-bond acceptors (Lipinski definition) is 4. The minimum atomic E-state index is 0.00297. The van der Waals surface area contributed by atoms with Crippen molar-refractivity contribution in [3.63, 3.8) is 0 Å². The van der Waals surface area contributed by atoms with Gasteiger partial charge in [0.2, 0.25) is 11.8 Å². The van der Waals surface area contributed by atoms with Crippen LogP contribution in [0, 0.1) is 5.92 Å². The van der Waals surface area contributed by atoms with Gasteiger partial charge in [-0.25, -0.2) is 4.98 Å². The lowest BCUT2D eigenvalue weighted by Gasteiger charge is -2.23. The second-order valence-corrected chi connectivity index (χ2v) is 7.77. The van der Waals surface area contributed by atoms with Gasteiger partial charge in [-0.1, -0.05) is 37.1 Å². The summed E-state index contributed by atoms with van der Waals surface area (Å²) in [7, 11) is 0. The Bertz CT molecular complexity index is 836. The number of carbonyl (C=O) groups excluding carboxylic acids is 1. The molecular formula is C21H22N2O2S. The van der Waals surface area contributed by atoms with Crippen LogP contribution in [0.3, 0.4) is 0 Å². The Morgan fingerprint density at radius 1 is 1.19 bits per heavy atom. The van der Waals surface area contributed by atoms with E-state index in [1.165, 1.54) is 30.6 Å². The van der Waals surface area contributed by atoms with Crippen molar-refractivity contribution in [1.82, 2.24) is 10.3 Å². The number of aromatic nitrogens is 1. The van der Waals surface area contributed by atoms with E-state index in [4.69, 9.17) is 4.42 Å².